The molecule has 0 aromatic heterocycles. The molecule has 0 bridgehead atoms. The molecule has 0 spiro atoms. The van der Waals surface area contributed by atoms with E-state index in [9.17, 15) is 9.59 Å². The Balaban J connectivity index is 2.00. The number of rotatable bonds is 6. The summed E-state index contributed by atoms with van der Waals surface area (Å²) in [6, 6.07) is 0. The molecule has 0 radical (unpaired) electrons. The first-order chi connectivity index (χ1) is 6.00. The lowest BCUT2D eigenvalue weighted by molar-refractivity contribution is -0.114. The lowest BCUT2D eigenvalue weighted by Gasteiger charge is -2.11. The number of hydrogen-bond donors (Lipinski definition) is 1. The standard InChI is InChI=1S/C8H16O4Si/c1-13(2,10)8(9)3-4-11-5-7-6-12-7/h7,10H,3-6H2,1-2H3. The van der Waals surface area contributed by atoms with E-state index in [1.807, 2.05) is 0 Å². The fraction of sp³-hybridized carbons (Fsp3) is 0.875. The summed E-state index contributed by atoms with van der Waals surface area (Å²) in [7, 11) is -2.57. The van der Waals surface area contributed by atoms with E-state index in [0.29, 0.717) is 19.6 Å². The van der Waals surface area contributed by atoms with Crippen molar-refractivity contribution in [2.24, 2.45) is 0 Å². The van der Waals surface area contributed by atoms with Crippen LogP contribution in [0.3, 0.4) is 0 Å². The molecule has 0 aliphatic carbocycles. The van der Waals surface area contributed by atoms with E-state index < -0.39 is 8.32 Å². The van der Waals surface area contributed by atoms with Crippen LogP contribution < -0.4 is 0 Å². The van der Waals surface area contributed by atoms with Crippen molar-refractivity contribution in [3.8, 4) is 0 Å². The maximum atomic E-state index is 11.2. The van der Waals surface area contributed by atoms with Crippen LogP contribution in [0.5, 0.6) is 0 Å². The Morgan fingerprint density at radius 2 is 2.31 bits per heavy atom. The van der Waals surface area contributed by atoms with Gasteiger partial charge < -0.3 is 19.1 Å². The van der Waals surface area contributed by atoms with Gasteiger partial charge in [0.2, 0.25) is 0 Å². The summed E-state index contributed by atoms with van der Waals surface area (Å²) in [5.41, 5.74) is 0. The Bertz CT molecular complexity index is 183. The molecule has 0 aromatic rings. The minimum atomic E-state index is -2.57. The van der Waals surface area contributed by atoms with Gasteiger partial charge in [0.25, 0.3) is 8.32 Å². The molecular weight excluding hydrogens is 188 g/mol. The largest absolute Gasteiger partial charge is 0.425 e. The molecule has 1 fully saturated rings. The molecule has 0 aromatic carbocycles. The van der Waals surface area contributed by atoms with Crippen LogP contribution in [0.25, 0.3) is 0 Å². The van der Waals surface area contributed by atoms with E-state index in [0.717, 1.165) is 6.61 Å². The average molecular weight is 204 g/mol. The minimum Gasteiger partial charge on any atom is -0.425 e. The van der Waals surface area contributed by atoms with Crippen LogP contribution in [0, 0.1) is 0 Å². The van der Waals surface area contributed by atoms with E-state index in [4.69, 9.17) is 9.47 Å². The lowest BCUT2D eigenvalue weighted by Crippen LogP contribution is -2.38. The van der Waals surface area contributed by atoms with Crippen LogP contribution in [-0.2, 0) is 14.3 Å². The van der Waals surface area contributed by atoms with Gasteiger partial charge in [-0.1, -0.05) is 0 Å². The van der Waals surface area contributed by atoms with Crippen LogP contribution in [0.2, 0.25) is 13.1 Å². The van der Waals surface area contributed by atoms with E-state index in [1.54, 1.807) is 13.1 Å². The number of carbonyl (C=O) groups excluding carboxylic acids is 1. The van der Waals surface area contributed by atoms with Crippen molar-refractivity contribution in [3.63, 3.8) is 0 Å². The Hall–Kier alpha value is -0.233. The normalized spacial score (nSPS) is 21.6. The van der Waals surface area contributed by atoms with Gasteiger partial charge in [-0.2, -0.15) is 0 Å². The van der Waals surface area contributed by atoms with Crippen LogP contribution >= 0.6 is 0 Å². The van der Waals surface area contributed by atoms with Gasteiger partial charge in [-0.3, -0.25) is 0 Å². The Labute approximate surface area is 79.0 Å². The van der Waals surface area contributed by atoms with Crippen molar-refractivity contribution in [2.45, 2.75) is 25.6 Å². The first-order valence-corrected chi connectivity index (χ1v) is 7.40. The summed E-state index contributed by atoms with van der Waals surface area (Å²) < 4.78 is 10.1. The van der Waals surface area contributed by atoms with E-state index in [1.165, 1.54) is 0 Å². The smallest absolute Gasteiger partial charge is 0.255 e. The second-order valence-corrected chi connectivity index (χ2v) is 7.44. The maximum Gasteiger partial charge on any atom is 0.255 e. The zero-order valence-electron chi connectivity index (χ0n) is 8.08. The summed E-state index contributed by atoms with van der Waals surface area (Å²) in [5.74, 6) is 0. The van der Waals surface area contributed by atoms with E-state index >= 15 is 0 Å². The monoisotopic (exact) mass is 204 g/mol. The Kier molecular flexibility index (Phi) is 3.61. The van der Waals surface area contributed by atoms with Gasteiger partial charge in [0.15, 0.2) is 0 Å². The van der Waals surface area contributed by atoms with Crippen molar-refractivity contribution in [1.82, 2.24) is 0 Å². The van der Waals surface area contributed by atoms with Crippen molar-refractivity contribution in [2.75, 3.05) is 19.8 Å². The molecule has 1 heterocycles. The fourth-order valence-electron chi connectivity index (χ4n) is 0.850. The van der Waals surface area contributed by atoms with Crippen LogP contribution in [0.4, 0.5) is 0 Å². The van der Waals surface area contributed by atoms with Crippen molar-refractivity contribution >= 4 is 13.7 Å². The first kappa shape index (κ1) is 10.8. The Morgan fingerprint density at radius 1 is 1.69 bits per heavy atom. The topological polar surface area (TPSA) is 59.1 Å². The highest BCUT2D eigenvalue weighted by Crippen LogP contribution is 2.09. The number of epoxide rings is 1. The number of carbonyl (C=O) groups is 1. The van der Waals surface area contributed by atoms with Gasteiger partial charge in [-0.05, 0) is 13.1 Å². The third kappa shape index (κ3) is 4.52. The van der Waals surface area contributed by atoms with Gasteiger partial charge in [0.05, 0.1) is 19.8 Å². The van der Waals surface area contributed by atoms with Crippen molar-refractivity contribution in [1.29, 1.82) is 0 Å². The predicted octanol–water partition coefficient (Wildman–Crippen LogP) is 0.0976. The highest BCUT2D eigenvalue weighted by molar-refractivity contribution is 6.98. The summed E-state index contributed by atoms with van der Waals surface area (Å²) in [6.07, 6.45) is 0.567. The molecule has 76 valence electrons. The van der Waals surface area contributed by atoms with Crippen LogP contribution in [0.1, 0.15) is 6.42 Å². The molecule has 13 heavy (non-hydrogen) atoms. The number of hydrogen-bond acceptors (Lipinski definition) is 4. The first-order valence-electron chi connectivity index (χ1n) is 4.45. The summed E-state index contributed by atoms with van der Waals surface area (Å²) >= 11 is 0. The molecule has 1 N–H and O–H groups in total. The molecule has 1 atom stereocenters. The summed E-state index contributed by atoms with van der Waals surface area (Å²) in [5, 5.41) is -0.0517. The highest BCUT2D eigenvalue weighted by atomic mass is 28.4. The van der Waals surface area contributed by atoms with Gasteiger partial charge in [0.1, 0.15) is 11.5 Å². The van der Waals surface area contributed by atoms with E-state index in [-0.39, 0.29) is 11.5 Å². The van der Waals surface area contributed by atoms with Crippen LogP contribution in [0.15, 0.2) is 0 Å². The molecule has 0 amide bonds. The number of ether oxygens (including phenoxy) is 2. The maximum absolute atomic E-state index is 11.2. The zero-order chi connectivity index (χ0) is 9.90. The molecule has 1 rings (SSSR count). The SMILES string of the molecule is C[Si](C)(O)C(=O)CCOCC1CO1. The van der Waals surface area contributed by atoms with Gasteiger partial charge >= 0.3 is 0 Å². The average Bonchev–Trinajstić information content (AvgIpc) is 2.79. The molecule has 1 unspecified atom stereocenters. The molecular formula is C8H16O4Si. The van der Waals surface area contributed by atoms with Gasteiger partial charge in [-0.15, -0.1) is 0 Å². The quantitative estimate of drug-likeness (QED) is 0.379. The predicted molar refractivity (Wildman–Crippen MR) is 49.9 cm³/mol. The zero-order valence-corrected chi connectivity index (χ0v) is 9.08. The Morgan fingerprint density at radius 3 is 2.77 bits per heavy atom. The second-order valence-electron chi connectivity index (χ2n) is 3.76. The lowest BCUT2D eigenvalue weighted by atomic mass is 10.5. The third-order valence-corrected chi connectivity index (χ3v) is 3.48. The van der Waals surface area contributed by atoms with Crippen molar-refractivity contribution < 1.29 is 19.1 Å². The van der Waals surface area contributed by atoms with E-state index in [2.05, 4.69) is 0 Å². The molecule has 1 aliphatic rings. The summed E-state index contributed by atoms with van der Waals surface area (Å²) in [6.45, 7) is 4.99. The minimum absolute atomic E-state index is 0.0517. The molecule has 1 saturated heterocycles. The summed E-state index contributed by atoms with van der Waals surface area (Å²) in [4.78, 5) is 20.6. The molecule has 1 aliphatic heterocycles. The second kappa shape index (κ2) is 4.32. The van der Waals surface area contributed by atoms with Crippen molar-refractivity contribution in [3.05, 3.63) is 0 Å². The van der Waals surface area contributed by atoms with Gasteiger partial charge in [-0.25, -0.2) is 0 Å². The molecule has 5 heteroatoms. The highest BCUT2D eigenvalue weighted by Gasteiger charge is 2.27. The van der Waals surface area contributed by atoms with Gasteiger partial charge in [0, 0.05) is 6.42 Å². The molecule has 0 saturated carbocycles. The van der Waals surface area contributed by atoms with Crippen LogP contribution in [-0.4, -0.2) is 44.4 Å². The molecule has 4 nitrogen and oxygen atoms in total. The fourth-order valence-corrected chi connectivity index (χ4v) is 1.56. The third-order valence-electron chi connectivity index (χ3n) is 1.86.